The lowest BCUT2D eigenvalue weighted by Crippen LogP contribution is -2.87. The number of hydrogen-bond acceptors (Lipinski definition) is 3. The Balaban J connectivity index is 2.41. The molecule has 0 aromatic carbocycles. The van der Waals surface area contributed by atoms with Crippen LogP contribution in [0.2, 0.25) is 0 Å². The van der Waals surface area contributed by atoms with E-state index in [4.69, 9.17) is 4.74 Å². The second-order valence-electron chi connectivity index (χ2n) is 3.45. The van der Waals surface area contributed by atoms with Gasteiger partial charge in [0.05, 0.1) is 18.8 Å². The summed E-state index contributed by atoms with van der Waals surface area (Å²) in [6.45, 7) is 4.11. The Hall–Kier alpha value is -0.220. The minimum atomic E-state index is -0.228. The van der Waals surface area contributed by atoms with E-state index in [1.54, 1.807) is 0 Å². The molecule has 0 aromatic rings. The van der Waals surface area contributed by atoms with Gasteiger partial charge < -0.3 is 10.1 Å². The van der Waals surface area contributed by atoms with E-state index in [9.17, 15) is 4.79 Å². The highest BCUT2D eigenvalue weighted by molar-refractivity contribution is 7.81. The molecule has 0 unspecified atom stereocenters. The highest BCUT2D eigenvalue weighted by Crippen LogP contribution is 2.20. The minimum absolute atomic E-state index is 0.180. The van der Waals surface area contributed by atoms with E-state index in [1.165, 1.54) is 0 Å². The van der Waals surface area contributed by atoms with Crippen molar-refractivity contribution >= 4 is 18.6 Å². The van der Waals surface area contributed by atoms with Gasteiger partial charge in [0.2, 0.25) is 0 Å². The highest BCUT2D eigenvalue weighted by atomic mass is 32.1. The average molecular weight is 190 g/mol. The Morgan fingerprint density at radius 3 is 2.67 bits per heavy atom. The van der Waals surface area contributed by atoms with Crippen molar-refractivity contribution in [2.45, 2.75) is 25.4 Å². The number of carbonyl (C=O) groups excluding carboxylic acids is 1. The summed E-state index contributed by atoms with van der Waals surface area (Å²) in [4.78, 5) is 11.0. The fourth-order valence-electron chi connectivity index (χ4n) is 1.49. The van der Waals surface area contributed by atoms with Crippen LogP contribution in [-0.2, 0) is 9.53 Å². The highest BCUT2D eigenvalue weighted by Gasteiger charge is 2.32. The van der Waals surface area contributed by atoms with Gasteiger partial charge in [0.15, 0.2) is 0 Å². The molecular formula is C8H16NO2S+. The van der Waals surface area contributed by atoms with Gasteiger partial charge in [0.25, 0.3) is 0 Å². The lowest BCUT2D eigenvalue weighted by atomic mass is 9.95. The van der Waals surface area contributed by atoms with Crippen LogP contribution < -0.4 is 5.32 Å². The summed E-state index contributed by atoms with van der Waals surface area (Å²) in [7, 11) is 0. The van der Waals surface area contributed by atoms with Gasteiger partial charge in [-0.3, -0.25) is 4.79 Å². The number of nitrogens with two attached hydrogens (primary N) is 1. The molecule has 1 heterocycles. The zero-order valence-corrected chi connectivity index (χ0v) is 8.27. The number of rotatable bonds is 2. The smallest absolute Gasteiger partial charge is 0.316 e. The molecule has 12 heavy (non-hydrogen) atoms. The van der Waals surface area contributed by atoms with Crippen molar-refractivity contribution in [2.24, 2.45) is 0 Å². The molecule has 1 fully saturated rings. The van der Waals surface area contributed by atoms with Crippen LogP contribution in [0, 0.1) is 0 Å². The molecule has 1 aliphatic rings. The third-order valence-electron chi connectivity index (χ3n) is 2.24. The fourth-order valence-corrected chi connectivity index (χ4v) is 1.56. The van der Waals surface area contributed by atoms with E-state index >= 15 is 0 Å². The normalized spacial score (nSPS) is 21.8. The topological polar surface area (TPSA) is 42.9 Å². The number of esters is 1. The van der Waals surface area contributed by atoms with Gasteiger partial charge in [0.1, 0.15) is 5.60 Å². The van der Waals surface area contributed by atoms with Crippen LogP contribution in [0.15, 0.2) is 0 Å². The monoisotopic (exact) mass is 190 g/mol. The van der Waals surface area contributed by atoms with Gasteiger partial charge in [-0.2, -0.15) is 12.6 Å². The summed E-state index contributed by atoms with van der Waals surface area (Å²) in [5.74, 6) is -0.0259. The maximum Gasteiger partial charge on any atom is 0.316 e. The lowest BCUT2D eigenvalue weighted by molar-refractivity contribution is -0.667. The Morgan fingerprint density at radius 2 is 2.17 bits per heavy atom. The molecule has 0 aromatic heterocycles. The second-order valence-corrected chi connectivity index (χ2v) is 3.76. The van der Waals surface area contributed by atoms with Gasteiger partial charge in [-0.1, -0.05) is 0 Å². The second kappa shape index (κ2) is 4.14. The van der Waals surface area contributed by atoms with Gasteiger partial charge in [-0.25, -0.2) is 0 Å². The summed E-state index contributed by atoms with van der Waals surface area (Å²) < 4.78 is 5.29. The van der Waals surface area contributed by atoms with Crippen LogP contribution in [-0.4, -0.2) is 30.4 Å². The summed E-state index contributed by atoms with van der Waals surface area (Å²) >= 11 is 3.87. The lowest BCUT2D eigenvalue weighted by Gasteiger charge is -2.31. The van der Waals surface area contributed by atoms with E-state index in [1.807, 2.05) is 6.92 Å². The number of thiol groups is 1. The fraction of sp³-hybridized carbons (Fsp3) is 0.875. The Labute approximate surface area is 78.3 Å². The first-order valence-electron chi connectivity index (χ1n) is 4.31. The van der Waals surface area contributed by atoms with Crippen LogP contribution in [0.5, 0.6) is 0 Å². The predicted molar refractivity (Wildman–Crippen MR) is 49.2 cm³/mol. The molecule has 0 radical (unpaired) electrons. The zero-order valence-electron chi connectivity index (χ0n) is 7.38. The number of carbonyl (C=O) groups is 1. The standard InChI is InChI=1S/C8H15NO2S/c1-8(11-7(10)6-12)2-4-9-5-3-8/h9,12H,2-6H2,1H3/p+1. The van der Waals surface area contributed by atoms with E-state index in [0.717, 1.165) is 25.9 Å². The number of quaternary nitrogens is 1. The van der Waals surface area contributed by atoms with Gasteiger partial charge in [-0.05, 0) is 6.92 Å². The van der Waals surface area contributed by atoms with Crippen molar-refractivity contribution < 1.29 is 14.8 Å². The van der Waals surface area contributed by atoms with E-state index < -0.39 is 0 Å². The summed E-state index contributed by atoms with van der Waals surface area (Å²) in [6, 6.07) is 0. The van der Waals surface area contributed by atoms with Crippen molar-refractivity contribution in [3.05, 3.63) is 0 Å². The maximum absolute atomic E-state index is 11.0. The van der Waals surface area contributed by atoms with Crippen LogP contribution in [0.4, 0.5) is 0 Å². The first kappa shape index (κ1) is 9.86. The van der Waals surface area contributed by atoms with Crippen molar-refractivity contribution in [2.75, 3.05) is 18.8 Å². The van der Waals surface area contributed by atoms with E-state index in [0.29, 0.717) is 0 Å². The maximum atomic E-state index is 11.0. The molecule has 70 valence electrons. The molecule has 0 amide bonds. The Kier molecular flexibility index (Phi) is 3.40. The van der Waals surface area contributed by atoms with Gasteiger partial charge in [-0.15, -0.1) is 0 Å². The van der Waals surface area contributed by atoms with Crippen LogP contribution in [0.1, 0.15) is 19.8 Å². The summed E-state index contributed by atoms with van der Waals surface area (Å²) in [5.41, 5.74) is -0.228. The Morgan fingerprint density at radius 1 is 1.58 bits per heavy atom. The van der Waals surface area contributed by atoms with E-state index in [-0.39, 0.29) is 17.3 Å². The third kappa shape index (κ3) is 2.68. The minimum Gasteiger partial charge on any atom is -0.458 e. The molecule has 0 spiro atoms. The summed E-state index contributed by atoms with van der Waals surface area (Å²) in [6.07, 6.45) is 1.90. The molecule has 1 aliphatic heterocycles. The molecule has 0 aliphatic carbocycles. The quantitative estimate of drug-likeness (QED) is 0.458. The van der Waals surface area contributed by atoms with Crippen LogP contribution in [0.3, 0.4) is 0 Å². The molecule has 4 heteroatoms. The van der Waals surface area contributed by atoms with Crippen LogP contribution in [0.25, 0.3) is 0 Å². The summed E-state index contributed by atoms with van der Waals surface area (Å²) in [5, 5.41) is 2.25. The number of piperidine rings is 1. The molecule has 2 N–H and O–H groups in total. The molecule has 0 bridgehead atoms. The average Bonchev–Trinajstić information content (AvgIpc) is 2.05. The molecule has 3 nitrogen and oxygen atoms in total. The first-order valence-corrected chi connectivity index (χ1v) is 4.94. The molecule has 1 saturated heterocycles. The molecular weight excluding hydrogens is 174 g/mol. The van der Waals surface area contributed by atoms with Crippen molar-refractivity contribution in [3.63, 3.8) is 0 Å². The molecule has 0 saturated carbocycles. The largest absolute Gasteiger partial charge is 0.458 e. The van der Waals surface area contributed by atoms with Gasteiger partial charge >= 0.3 is 5.97 Å². The van der Waals surface area contributed by atoms with Crippen molar-refractivity contribution in [1.82, 2.24) is 0 Å². The third-order valence-corrected chi connectivity index (χ3v) is 2.50. The van der Waals surface area contributed by atoms with Crippen molar-refractivity contribution in [1.29, 1.82) is 0 Å². The number of ether oxygens (including phenoxy) is 1. The SMILES string of the molecule is CC1(OC(=O)CS)CC[NH2+]CC1. The molecule has 0 atom stereocenters. The van der Waals surface area contributed by atoms with E-state index in [2.05, 4.69) is 17.9 Å². The number of hydrogen-bond donors (Lipinski definition) is 2. The van der Waals surface area contributed by atoms with Crippen molar-refractivity contribution in [3.8, 4) is 0 Å². The van der Waals surface area contributed by atoms with Crippen LogP contribution >= 0.6 is 12.6 Å². The van der Waals surface area contributed by atoms with Gasteiger partial charge in [0, 0.05) is 12.8 Å². The predicted octanol–water partition coefficient (Wildman–Crippen LogP) is -0.425. The molecule has 1 rings (SSSR count). The Bertz CT molecular complexity index is 166. The first-order chi connectivity index (χ1) is 5.66. The zero-order chi connectivity index (χ0) is 9.03.